The molecule has 0 spiro atoms. The Morgan fingerprint density at radius 1 is 1.27 bits per heavy atom. The minimum absolute atomic E-state index is 0.0621. The summed E-state index contributed by atoms with van der Waals surface area (Å²) in [5, 5.41) is 13.2. The van der Waals surface area contributed by atoms with Gasteiger partial charge in [0.1, 0.15) is 0 Å². The maximum atomic E-state index is 9.52. The van der Waals surface area contributed by atoms with Crippen LogP contribution in [0.1, 0.15) is 53.4 Å². The van der Waals surface area contributed by atoms with E-state index in [0.29, 0.717) is 18.1 Å². The number of nitrogens with zero attached hydrogens (tertiary/aromatic N) is 1. The van der Waals surface area contributed by atoms with Crippen LogP contribution in [-0.2, 0) is 4.74 Å². The van der Waals surface area contributed by atoms with E-state index in [0.717, 1.165) is 52.0 Å². The van der Waals surface area contributed by atoms with Crippen LogP contribution in [0.15, 0.2) is 0 Å². The van der Waals surface area contributed by atoms with Crippen molar-refractivity contribution in [2.75, 3.05) is 32.8 Å². The molecule has 2 N–H and O–H groups in total. The van der Waals surface area contributed by atoms with Gasteiger partial charge in [0.05, 0.1) is 12.2 Å². The number of piperidine rings is 1. The number of aliphatic hydroxyl groups is 1. The number of rotatable bonds is 8. The molecule has 1 heterocycles. The van der Waals surface area contributed by atoms with Crippen molar-refractivity contribution in [2.45, 2.75) is 71.6 Å². The second kappa shape index (κ2) is 8.09. The van der Waals surface area contributed by atoms with E-state index in [4.69, 9.17) is 4.74 Å². The van der Waals surface area contributed by atoms with Crippen LogP contribution in [0.2, 0.25) is 0 Å². The summed E-state index contributed by atoms with van der Waals surface area (Å²) in [4.78, 5) is 2.48. The number of likely N-dealkylation sites (tertiary alicyclic amines) is 1. The predicted molar refractivity (Wildman–Crippen MR) is 91.1 cm³/mol. The third-order valence-electron chi connectivity index (χ3n) is 5.41. The van der Waals surface area contributed by atoms with Crippen molar-refractivity contribution in [2.24, 2.45) is 11.3 Å². The van der Waals surface area contributed by atoms with Gasteiger partial charge in [-0.25, -0.2) is 0 Å². The number of ether oxygens (including phenoxy) is 1. The highest BCUT2D eigenvalue weighted by Gasteiger charge is 2.48. The highest BCUT2D eigenvalue weighted by molar-refractivity contribution is 5.02. The first-order chi connectivity index (χ1) is 10.4. The summed E-state index contributed by atoms with van der Waals surface area (Å²) in [7, 11) is 0. The molecule has 2 unspecified atom stereocenters. The van der Waals surface area contributed by atoms with E-state index < -0.39 is 0 Å². The molecule has 0 amide bonds. The Kier molecular flexibility index (Phi) is 6.69. The molecule has 0 aromatic heterocycles. The Bertz CT molecular complexity index is 325. The monoisotopic (exact) mass is 312 g/mol. The maximum absolute atomic E-state index is 9.52. The lowest BCUT2D eigenvalue weighted by Crippen LogP contribution is -2.61. The molecule has 2 aliphatic rings. The van der Waals surface area contributed by atoms with Gasteiger partial charge in [-0.3, -0.25) is 0 Å². The Morgan fingerprint density at radius 2 is 1.95 bits per heavy atom. The van der Waals surface area contributed by atoms with Gasteiger partial charge in [0, 0.05) is 31.2 Å². The summed E-state index contributed by atoms with van der Waals surface area (Å²) in [6.45, 7) is 14.3. The maximum Gasteiger partial charge on any atom is 0.0656 e. The third-order valence-corrected chi connectivity index (χ3v) is 5.41. The summed E-state index contributed by atoms with van der Waals surface area (Å²) < 4.78 is 6.02. The molecule has 1 saturated heterocycles. The summed E-state index contributed by atoms with van der Waals surface area (Å²) in [6, 6.07) is 0.591. The van der Waals surface area contributed by atoms with Crippen molar-refractivity contribution in [1.29, 1.82) is 0 Å². The number of aliphatic hydroxyl groups excluding tert-OH is 1. The first-order valence-electron chi connectivity index (χ1n) is 9.15. The van der Waals surface area contributed by atoms with Crippen LogP contribution < -0.4 is 5.32 Å². The van der Waals surface area contributed by atoms with Gasteiger partial charge in [0.2, 0.25) is 0 Å². The summed E-state index contributed by atoms with van der Waals surface area (Å²) in [5.41, 5.74) is 0.254. The van der Waals surface area contributed by atoms with Crippen LogP contribution >= 0.6 is 0 Å². The van der Waals surface area contributed by atoms with Crippen molar-refractivity contribution in [3.63, 3.8) is 0 Å². The lowest BCUT2D eigenvalue weighted by Gasteiger charge is -2.52. The van der Waals surface area contributed by atoms with E-state index in [1.807, 2.05) is 0 Å². The Morgan fingerprint density at radius 3 is 2.55 bits per heavy atom. The Balaban J connectivity index is 1.56. The predicted octanol–water partition coefficient (Wildman–Crippen LogP) is 2.26. The topological polar surface area (TPSA) is 44.7 Å². The molecular formula is C18H36N2O2. The van der Waals surface area contributed by atoms with Crippen LogP contribution in [0.3, 0.4) is 0 Å². The first-order valence-corrected chi connectivity index (χ1v) is 9.15. The van der Waals surface area contributed by atoms with Gasteiger partial charge in [-0.05, 0) is 44.7 Å². The molecule has 2 fully saturated rings. The zero-order valence-corrected chi connectivity index (χ0v) is 15.0. The normalized spacial score (nSPS) is 29.7. The van der Waals surface area contributed by atoms with E-state index in [2.05, 4.69) is 37.9 Å². The van der Waals surface area contributed by atoms with Crippen molar-refractivity contribution >= 4 is 0 Å². The van der Waals surface area contributed by atoms with E-state index in [-0.39, 0.29) is 11.5 Å². The third kappa shape index (κ3) is 4.92. The fourth-order valence-corrected chi connectivity index (χ4v) is 3.55. The lowest BCUT2D eigenvalue weighted by molar-refractivity contribution is -0.123. The fourth-order valence-electron chi connectivity index (χ4n) is 3.55. The largest absolute Gasteiger partial charge is 0.393 e. The van der Waals surface area contributed by atoms with Crippen molar-refractivity contribution < 1.29 is 9.84 Å². The van der Waals surface area contributed by atoms with Gasteiger partial charge in [0.15, 0.2) is 0 Å². The molecule has 130 valence electrons. The average molecular weight is 312 g/mol. The Labute approximate surface area is 136 Å². The summed E-state index contributed by atoms with van der Waals surface area (Å²) in [5.74, 6) is 0.617. The first kappa shape index (κ1) is 18.2. The second-order valence-electron chi connectivity index (χ2n) is 8.21. The molecule has 1 aliphatic carbocycles. The van der Waals surface area contributed by atoms with Gasteiger partial charge in [-0.15, -0.1) is 0 Å². The van der Waals surface area contributed by atoms with E-state index in [1.54, 1.807) is 0 Å². The van der Waals surface area contributed by atoms with Crippen LogP contribution in [0, 0.1) is 11.3 Å². The quantitative estimate of drug-likeness (QED) is 0.675. The zero-order valence-electron chi connectivity index (χ0n) is 15.0. The van der Waals surface area contributed by atoms with Gasteiger partial charge >= 0.3 is 0 Å². The van der Waals surface area contributed by atoms with Crippen LogP contribution in [0.4, 0.5) is 0 Å². The molecule has 2 atom stereocenters. The molecule has 4 heteroatoms. The molecule has 2 rings (SSSR count). The molecule has 0 radical (unpaired) electrons. The van der Waals surface area contributed by atoms with E-state index in [9.17, 15) is 5.11 Å². The molecule has 1 saturated carbocycles. The fraction of sp³-hybridized carbons (Fsp3) is 1.00. The minimum Gasteiger partial charge on any atom is -0.393 e. The SMILES string of the molecule is CC(C)COC1CC(NCCCN2CCC(O)CC2)C1(C)C. The van der Waals surface area contributed by atoms with Crippen molar-refractivity contribution in [1.82, 2.24) is 10.2 Å². The van der Waals surface area contributed by atoms with Gasteiger partial charge < -0.3 is 20.1 Å². The van der Waals surface area contributed by atoms with Gasteiger partial charge in [-0.1, -0.05) is 27.7 Å². The highest BCUT2D eigenvalue weighted by atomic mass is 16.5. The van der Waals surface area contributed by atoms with E-state index in [1.165, 1.54) is 6.42 Å². The van der Waals surface area contributed by atoms with Crippen molar-refractivity contribution in [3.05, 3.63) is 0 Å². The van der Waals surface area contributed by atoms with Crippen LogP contribution in [-0.4, -0.2) is 61.0 Å². The molecule has 4 nitrogen and oxygen atoms in total. The standard InChI is InChI=1S/C18H36N2O2/c1-14(2)13-22-17-12-16(18(17,3)4)19-8-5-9-20-10-6-15(21)7-11-20/h14-17,19,21H,5-13H2,1-4H3. The van der Waals surface area contributed by atoms with E-state index >= 15 is 0 Å². The molecular weight excluding hydrogens is 276 g/mol. The van der Waals surface area contributed by atoms with Gasteiger partial charge in [0.25, 0.3) is 0 Å². The lowest BCUT2D eigenvalue weighted by atomic mass is 9.64. The summed E-state index contributed by atoms with van der Waals surface area (Å²) >= 11 is 0. The van der Waals surface area contributed by atoms with Crippen molar-refractivity contribution in [3.8, 4) is 0 Å². The van der Waals surface area contributed by atoms with Crippen LogP contribution in [0.25, 0.3) is 0 Å². The molecule has 22 heavy (non-hydrogen) atoms. The zero-order chi connectivity index (χ0) is 16.2. The Hall–Kier alpha value is -0.160. The molecule has 0 aromatic rings. The minimum atomic E-state index is -0.0621. The number of nitrogens with one attached hydrogen (secondary N) is 1. The molecule has 0 bridgehead atoms. The van der Waals surface area contributed by atoms with Crippen LogP contribution in [0.5, 0.6) is 0 Å². The number of hydrogen-bond acceptors (Lipinski definition) is 4. The molecule has 0 aromatic carbocycles. The number of hydrogen-bond donors (Lipinski definition) is 2. The summed E-state index contributed by atoms with van der Waals surface area (Å²) in [6.07, 6.45) is 4.58. The molecule has 1 aliphatic heterocycles. The smallest absolute Gasteiger partial charge is 0.0656 e. The average Bonchev–Trinajstić information content (AvgIpc) is 2.46. The van der Waals surface area contributed by atoms with Gasteiger partial charge in [-0.2, -0.15) is 0 Å². The highest BCUT2D eigenvalue weighted by Crippen LogP contribution is 2.42. The second-order valence-corrected chi connectivity index (χ2v) is 8.21.